The largest absolute Gasteiger partial charge is 0.455 e. The fourth-order valence-corrected chi connectivity index (χ4v) is 3.94. The number of nitrogens with one attached hydrogen (secondary N) is 1. The highest BCUT2D eigenvalue weighted by molar-refractivity contribution is 7.90. The first-order chi connectivity index (χ1) is 12.3. The van der Waals surface area contributed by atoms with E-state index in [2.05, 4.69) is 19.2 Å². The van der Waals surface area contributed by atoms with Crippen LogP contribution in [0.5, 0.6) is 0 Å². The Balaban J connectivity index is 1.93. The minimum Gasteiger partial charge on any atom is -0.455 e. The summed E-state index contributed by atoms with van der Waals surface area (Å²) in [7, 11) is -3.49. The van der Waals surface area contributed by atoms with Gasteiger partial charge in [0.15, 0.2) is 15.6 Å². The summed E-state index contributed by atoms with van der Waals surface area (Å²) in [5, 5.41) is 2.90. The van der Waals surface area contributed by atoms with Gasteiger partial charge in [0.1, 0.15) is 11.5 Å². The summed E-state index contributed by atoms with van der Waals surface area (Å²) in [6.07, 6.45) is 3.08. The molecule has 0 aliphatic heterocycles. The second-order valence-corrected chi connectivity index (χ2v) is 9.03. The zero-order valence-corrected chi connectivity index (χ0v) is 16.4. The van der Waals surface area contributed by atoms with Gasteiger partial charge in [-0.3, -0.25) is 4.79 Å². The molecule has 0 aliphatic rings. The van der Waals surface area contributed by atoms with E-state index < -0.39 is 9.84 Å². The number of hydrogen-bond acceptors (Lipinski definition) is 4. The van der Waals surface area contributed by atoms with E-state index in [9.17, 15) is 13.2 Å². The zero-order chi connectivity index (χ0) is 19.2. The maximum absolute atomic E-state index is 12.4. The van der Waals surface area contributed by atoms with Crippen LogP contribution in [0.1, 0.15) is 56.3 Å². The predicted molar refractivity (Wildman–Crippen MR) is 102 cm³/mol. The fraction of sp³-hybridized carbons (Fsp3) is 0.450. The van der Waals surface area contributed by atoms with Crippen molar-refractivity contribution in [2.24, 2.45) is 5.92 Å². The normalized spacial score (nSPS) is 12.9. The van der Waals surface area contributed by atoms with Crippen LogP contribution in [0.25, 0.3) is 0 Å². The molecule has 0 saturated heterocycles. The minimum atomic E-state index is -3.49. The van der Waals surface area contributed by atoms with E-state index in [1.807, 2.05) is 6.92 Å². The number of benzene rings is 1. The molecule has 6 heteroatoms. The molecule has 0 unspecified atom stereocenters. The van der Waals surface area contributed by atoms with E-state index in [4.69, 9.17) is 4.42 Å². The molecule has 0 spiro atoms. The number of carbonyl (C=O) groups excluding carboxylic acids is 1. The molecule has 0 saturated carbocycles. The highest BCUT2D eigenvalue weighted by atomic mass is 32.2. The maximum Gasteiger partial charge on any atom is 0.287 e. The highest BCUT2D eigenvalue weighted by Gasteiger charge is 2.19. The van der Waals surface area contributed by atoms with E-state index in [1.54, 1.807) is 36.4 Å². The molecular weight excluding hydrogens is 350 g/mol. The molecule has 1 heterocycles. The first-order valence-electron chi connectivity index (χ1n) is 8.95. The molecule has 2 rings (SSSR count). The predicted octanol–water partition coefficient (Wildman–Crippen LogP) is 4.20. The molecule has 0 radical (unpaired) electrons. The van der Waals surface area contributed by atoms with Crippen LogP contribution in [0.15, 0.2) is 51.8 Å². The molecular formula is C20H27NO4S. The third-order valence-corrected chi connectivity index (χ3v) is 5.77. The molecule has 1 N–H and O–H groups in total. The Morgan fingerprint density at radius 2 is 1.73 bits per heavy atom. The Kier molecular flexibility index (Phi) is 7.03. The molecule has 0 fully saturated rings. The lowest BCUT2D eigenvalue weighted by atomic mass is 10.0. The van der Waals surface area contributed by atoms with Gasteiger partial charge in [-0.15, -0.1) is 0 Å². The lowest BCUT2D eigenvalue weighted by Crippen LogP contribution is -2.32. The van der Waals surface area contributed by atoms with Crippen molar-refractivity contribution in [1.29, 1.82) is 0 Å². The molecule has 1 aromatic heterocycles. The smallest absolute Gasteiger partial charge is 0.287 e. The topological polar surface area (TPSA) is 76.4 Å². The van der Waals surface area contributed by atoms with Crippen LogP contribution in [0.2, 0.25) is 0 Å². The second-order valence-electron chi connectivity index (χ2n) is 7.04. The third kappa shape index (κ3) is 6.02. The number of sulfone groups is 1. The molecule has 2 aromatic rings. The van der Waals surface area contributed by atoms with Crippen molar-refractivity contribution in [3.63, 3.8) is 0 Å². The molecule has 1 amide bonds. The van der Waals surface area contributed by atoms with Gasteiger partial charge < -0.3 is 9.73 Å². The van der Waals surface area contributed by atoms with E-state index in [1.165, 1.54) is 6.07 Å². The van der Waals surface area contributed by atoms with Crippen LogP contribution in [0.4, 0.5) is 0 Å². The Morgan fingerprint density at radius 1 is 1.04 bits per heavy atom. The Labute approximate surface area is 155 Å². The summed E-state index contributed by atoms with van der Waals surface area (Å²) in [6, 6.07) is 11.3. The lowest BCUT2D eigenvalue weighted by molar-refractivity contribution is 0.0908. The first kappa shape index (κ1) is 20.2. The van der Waals surface area contributed by atoms with Crippen molar-refractivity contribution in [2.75, 3.05) is 0 Å². The van der Waals surface area contributed by atoms with Crippen molar-refractivity contribution in [1.82, 2.24) is 5.32 Å². The minimum absolute atomic E-state index is 0.0443. The van der Waals surface area contributed by atoms with Crippen molar-refractivity contribution in [3.05, 3.63) is 54.0 Å². The quantitative estimate of drug-likeness (QED) is 0.710. The summed E-state index contributed by atoms with van der Waals surface area (Å²) in [6.45, 7) is 6.32. The number of furan rings is 1. The van der Waals surface area contributed by atoms with E-state index >= 15 is 0 Å². The van der Waals surface area contributed by atoms with Crippen LogP contribution in [-0.2, 0) is 15.6 Å². The molecule has 0 bridgehead atoms. The zero-order valence-electron chi connectivity index (χ0n) is 15.6. The van der Waals surface area contributed by atoms with Crippen molar-refractivity contribution >= 4 is 15.7 Å². The maximum atomic E-state index is 12.4. The van der Waals surface area contributed by atoms with Crippen molar-refractivity contribution in [3.8, 4) is 0 Å². The van der Waals surface area contributed by atoms with Gasteiger partial charge in [-0.2, -0.15) is 0 Å². The van der Waals surface area contributed by atoms with E-state index in [-0.39, 0.29) is 34.1 Å². The van der Waals surface area contributed by atoms with Gasteiger partial charge in [0.2, 0.25) is 0 Å². The Bertz CT molecular complexity index is 809. The Morgan fingerprint density at radius 3 is 2.38 bits per heavy atom. The van der Waals surface area contributed by atoms with Crippen LogP contribution in [-0.4, -0.2) is 20.4 Å². The summed E-state index contributed by atoms with van der Waals surface area (Å²) in [5.74, 6) is 0.460. The number of amides is 1. The summed E-state index contributed by atoms with van der Waals surface area (Å²) in [5.41, 5.74) is 0. The van der Waals surface area contributed by atoms with Gasteiger partial charge >= 0.3 is 0 Å². The lowest BCUT2D eigenvalue weighted by Gasteiger charge is -2.13. The molecule has 26 heavy (non-hydrogen) atoms. The van der Waals surface area contributed by atoms with E-state index in [0.717, 1.165) is 19.3 Å². The first-order valence-corrected chi connectivity index (χ1v) is 10.6. The van der Waals surface area contributed by atoms with Crippen LogP contribution in [0, 0.1) is 5.92 Å². The second kappa shape index (κ2) is 9.03. The van der Waals surface area contributed by atoms with Gasteiger partial charge in [0.25, 0.3) is 5.91 Å². The molecule has 0 aliphatic carbocycles. The van der Waals surface area contributed by atoms with Gasteiger partial charge in [-0.05, 0) is 43.5 Å². The third-order valence-electron chi connectivity index (χ3n) is 4.12. The van der Waals surface area contributed by atoms with Gasteiger partial charge in [0, 0.05) is 6.04 Å². The van der Waals surface area contributed by atoms with Gasteiger partial charge in [-0.1, -0.05) is 44.9 Å². The monoisotopic (exact) mass is 377 g/mol. The average molecular weight is 378 g/mol. The standard InChI is InChI=1S/C20H27NO4S/c1-15(2)8-7-9-16(3)21-20(22)19-13-12-17(25-19)14-26(23,24)18-10-5-4-6-11-18/h4-6,10-13,15-16H,7-9,14H2,1-3H3,(H,21,22)/t16-/m0/s1. The van der Waals surface area contributed by atoms with Gasteiger partial charge in [0.05, 0.1) is 4.90 Å². The van der Waals surface area contributed by atoms with Crippen LogP contribution in [0.3, 0.4) is 0 Å². The van der Waals surface area contributed by atoms with Crippen molar-refractivity contribution < 1.29 is 17.6 Å². The fourth-order valence-electron chi connectivity index (χ4n) is 2.68. The summed E-state index contributed by atoms with van der Waals surface area (Å²) >= 11 is 0. The summed E-state index contributed by atoms with van der Waals surface area (Å²) < 4.78 is 30.2. The van der Waals surface area contributed by atoms with Gasteiger partial charge in [-0.25, -0.2) is 8.42 Å². The van der Waals surface area contributed by atoms with E-state index in [0.29, 0.717) is 5.92 Å². The van der Waals surface area contributed by atoms with Crippen LogP contribution >= 0.6 is 0 Å². The number of carbonyl (C=O) groups is 1. The highest BCUT2D eigenvalue weighted by Crippen LogP contribution is 2.18. The number of rotatable bonds is 9. The molecule has 1 atom stereocenters. The molecule has 5 nitrogen and oxygen atoms in total. The SMILES string of the molecule is CC(C)CCC[C@H](C)NC(=O)c1ccc(CS(=O)(=O)c2ccccc2)o1. The Hall–Kier alpha value is -2.08. The van der Waals surface area contributed by atoms with Crippen molar-refractivity contribution in [2.45, 2.75) is 56.7 Å². The molecule has 142 valence electrons. The average Bonchev–Trinajstić information content (AvgIpc) is 3.03. The van der Waals surface area contributed by atoms with Crippen LogP contribution < -0.4 is 5.32 Å². The molecule has 1 aromatic carbocycles. The summed E-state index contributed by atoms with van der Waals surface area (Å²) in [4.78, 5) is 12.5. The number of hydrogen-bond donors (Lipinski definition) is 1.